The van der Waals surface area contributed by atoms with Gasteiger partial charge in [0.2, 0.25) is 0 Å². The number of nitrogens with two attached hydrogens (primary N) is 1. The van der Waals surface area contributed by atoms with Gasteiger partial charge in [0.15, 0.2) is 0 Å². The third-order valence-electron chi connectivity index (χ3n) is 2.99. The van der Waals surface area contributed by atoms with Crippen molar-refractivity contribution in [1.29, 1.82) is 0 Å². The van der Waals surface area contributed by atoms with Crippen molar-refractivity contribution in [2.75, 3.05) is 12.3 Å². The molecule has 1 aromatic rings. The van der Waals surface area contributed by atoms with E-state index >= 15 is 0 Å². The van der Waals surface area contributed by atoms with Gasteiger partial charge in [0.05, 0.1) is 5.60 Å². The first-order valence-electron chi connectivity index (χ1n) is 5.16. The van der Waals surface area contributed by atoms with Gasteiger partial charge < -0.3 is 15.6 Å². The fourth-order valence-corrected chi connectivity index (χ4v) is 2.01. The highest BCUT2D eigenvalue weighted by Crippen LogP contribution is 2.38. The van der Waals surface area contributed by atoms with Gasteiger partial charge >= 0.3 is 0 Å². The van der Waals surface area contributed by atoms with Crippen molar-refractivity contribution in [2.45, 2.75) is 31.5 Å². The zero-order chi connectivity index (χ0) is 10.9. The highest BCUT2D eigenvalue weighted by Gasteiger charge is 2.39. The van der Waals surface area contributed by atoms with E-state index < -0.39 is 11.7 Å². The molecule has 82 valence electrons. The average molecular weight is 208 g/mol. The van der Waals surface area contributed by atoms with Crippen molar-refractivity contribution < 1.29 is 9.84 Å². The molecule has 2 heterocycles. The van der Waals surface area contributed by atoms with Gasteiger partial charge in [-0.1, -0.05) is 6.07 Å². The average Bonchev–Trinajstić information content (AvgIpc) is 2.66. The third kappa shape index (κ3) is 1.82. The Morgan fingerprint density at radius 1 is 1.67 bits per heavy atom. The summed E-state index contributed by atoms with van der Waals surface area (Å²) in [6, 6.07) is 3.56. The van der Waals surface area contributed by atoms with Crippen molar-refractivity contribution in [3.8, 4) is 0 Å². The highest BCUT2D eigenvalue weighted by atomic mass is 16.5. The van der Waals surface area contributed by atoms with Crippen LogP contribution in [0.4, 0.5) is 5.82 Å². The lowest BCUT2D eigenvalue weighted by Crippen LogP contribution is -2.32. The van der Waals surface area contributed by atoms with Crippen molar-refractivity contribution >= 4 is 5.82 Å². The Morgan fingerprint density at radius 3 is 3.07 bits per heavy atom. The van der Waals surface area contributed by atoms with Crippen LogP contribution in [-0.4, -0.2) is 22.3 Å². The van der Waals surface area contributed by atoms with Gasteiger partial charge in [0, 0.05) is 18.4 Å². The van der Waals surface area contributed by atoms with Gasteiger partial charge in [-0.3, -0.25) is 0 Å². The molecule has 1 aromatic heterocycles. The van der Waals surface area contributed by atoms with Gasteiger partial charge in [-0.15, -0.1) is 0 Å². The maximum absolute atomic E-state index is 10.2. The van der Waals surface area contributed by atoms with Crippen LogP contribution in [0.3, 0.4) is 0 Å². The minimum atomic E-state index is -0.700. The summed E-state index contributed by atoms with van der Waals surface area (Å²) in [5.74, 6) is 0.377. The first-order chi connectivity index (χ1) is 7.13. The normalized spacial score (nSPS) is 27.9. The molecule has 0 spiro atoms. The lowest BCUT2D eigenvalue weighted by Gasteiger charge is -2.29. The number of pyridine rings is 1. The van der Waals surface area contributed by atoms with E-state index in [1.54, 1.807) is 18.3 Å². The van der Waals surface area contributed by atoms with Crippen molar-refractivity contribution in [1.82, 2.24) is 4.98 Å². The fourth-order valence-electron chi connectivity index (χ4n) is 2.01. The van der Waals surface area contributed by atoms with Crippen LogP contribution in [0.25, 0.3) is 0 Å². The van der Waals surface area contributed by atoms with Gasteiger partial charge in [0.1, 0.15) is 11.9 Å². The molecule has 0 aromatic carbocycles. The van der Waals surface area contributed by atoms with E-state index in [9.17, 15) is 5.11 Å². The van der Waals surface area contributed by atoms with Crippen molar-refractivity contribution in [3.05, 3.63) is 23.9 Å². The highest BCUT2D eigenvalue weighted by molar-refractivity contribution is 5.41. The molecular formula is C11H16N2O2. The van der Waals surface area contributed by atoms with Gasteiger partial charge in [-0.25, -0.2) is 4.98 Å². The number of hydrogen-bond donors (Lipinski definition) is 2. The molecule has 1 fully saturated rings. The second-order valence-corrected chi connectivity index (χ2v) is 4.15. The number of aliphatic hydroxyl groups is 1. The molecule has 4 heteroatoms. The van der Waals surface area contributed by atoms with E-state index in [-0.39, 0.29) is 0 Å². The number of hydrogen-bond acceptors (Lipinski definition) is 4. The summed E-state index contributed by atoms with van der Waals surface area (Å²) in [5, 5.41) is 10.2. The first-order valence-corrected chi connectivity index (χ1v) is 5.16. The smallest absolute Gasteiger partial charge is 0.129 e. The molecule has 4 nitrogen and oxygen atoms in total. The lowest BCUT2D eigenvalue weighted by molar-refractivity contribution is -0.0794. The number of nitrogens with zero attached hydrogens (tertiary/aromatic N) is 1. The minimum absolute atomic E-state index is 0.377. The summed E-state index contributed by atoms with van der Waals surface area (Å²) in [6.45, 7) is 2.62. The van der Waals surface area contributed by atoms with Crippen LogP contribution in [0.15, 0.2) is 18.3 Å². The Labute approximate surface area is 89.1 Å². The molecule has 3 N–H and O–H groups in total. The Hall–Kier alpha value is -1.13. The van der Waals surface area contributed by atoms with Gasteiger partial charge in [-0.2, -0.15) is 0 Å². The van der Waals surface area contributed by atoms with E-state index in [1.807, 2.05) is 6.92 Å². The standard InChI is InChI=1S/C11H16N2O2/c1-11(5-3-7-15-11)9(14)8-4-2-6-13-10(8)12/h2,4,6,9,14H,3,5,7H2,1H3,(H2,12,13). The zero-order valence-electron chi connectivity index (χ0n) is 8.81. The molecule has 0 radical (unpaired) electrons. The molecule has 2 unspecified atom stereocenters. The molecule has 1 aliphatic rings. The van der Waals surface area contributed by atoms with Crippen LogP contribution in [-0.2, 0) is 4.74 Å². The maximum atomic E-state index is 10.2. The number of aromatic nitrogens is 1. The zero-order valence-corrected chi connectivity index (χ0v) is 8.81. The van der Waals surface area contributed by atoms with E-state index in [0.717, 1.165) is 12.8 Å². The largest absolute Gasteiger partial charge is 0.385 e. The summed E-state index contributed by atoms with van der Waals surface area (Å²) in [7, 11) is 0. The minimum Gasteiger partial charge on any atom is -0.385 e. The van der Waals surface area contributed by atoms with E-state index in [1.165, 1.54) is 0 Å². The Bertz CT molecular complexity index is 348. The predicted octanol–water partition coefficient (Wildman–Crippen LogP) is 1.27. The number of ether oxygens (including phenoxy) is 1. The molecular weight excluding hydrogens is 192 g/mol. The Balaban J connectivity index is 2.27. The molecule has 2 rings (SSSR count). The predicted molar refractivity (Wildman–Crippen MR) is 57.2 cm³/mol. The summed E-state index contributed by atoms with van der Waals surface area (Å²) in [4.78, 5) is 3.96. The number of nitrogen functional groups attached to an aromatic ring is 1. The second-order valence-electron chi connectivity index (χ2n) is 4.15. The van der Waals surface area contributed by atoms with Crippen LogP contribution in [0.1, 0.15) is 31.4 Å². The maximum Gasteiger partial charge on any atom is 0.129 e. The topological polar surface area (TPSA) is 68.4 Å². The fraction of sp³-hybridized carbons (Fsp3) is 0.545. The third-order valence-corrected chi connectivity index (χ3v) is 2.99. The molecule has 0 saturated carbocycles. The molecule has 1 aliphatic heterocycles. The molecule has 0 amide bonds. The van der Waals surface area contributed by atoms with E-state index in [0.29, 0.717) is 18.0 Å². The van der Waals surface area contributed by atoms with E-state index in [2.05, 4.69) is 4.98 Å². The number of anilines is 1. The molecule has 0 bridgehead atoms. The summed E-state index contributed by atoms with van der Waals surface area (Å²) >= 11 is 0. The SMILES string of the molecule is CC1(C(O)c2cccnc2N)CCCO1. The molecule has 15 heavy (non-hydrogen) atoms. The molecule has 2 atom stereocenters. The monoisotopic (exact) mass is 208 g/mol. The van der Waals surface area contributed by atoms with Gasteiger partial charge in [-0.05, 0) is 25.8 Å². The van der Waals surface area contributed by atoms with Crippen LogP contribution in [0.2, 0.25) is 0 Å². The van der Waals surface area contributed by atoms with Crippen molar-refractivity contribution in [2.24, 2.45) is 0 Å². The van der Waals surface area contributed by atoms with Crippen LogP contribution >= 0.6 is 0 Å². The van der Waals surface area contributed by atoms with Crippen LogP contribution in [0.5, 0.6) is 0 Å². The molecule has 0 aliphatic carbocycles. The summed E-state index contributed by atoms with van der Waals surface area (Å²) in [6.07, 6.45) is 2.74. The number of aliphatic hydroxyl groups excluding tert-OH is 1. The quantitative estimate of drug-likeness (QED) is 0.768. The first kappa shape index (κ1) is 10.4. The summed E-state index contributed by atoms with van der Waals surface area (Å²) < 4.78 is 5.58. The summed E-state index contributed by atoms with van der Waals surface area (Å²) in [5.41, 5.74) is 5.86. The Kier molecular flexibility index (Phi) is 2.63. The second kappa shape index (κ2) is 3.79. The van der Waals surface area contributed by atoms with Crippen LogP contribution < -0.4 is 5.73 Å². The van der Waals surface area contributed by atoms with E-state index in [4.69, 9.17) is 10.5 Å². The number of rotatable bonds is 2. The van der Waals surface area contributed by atoms with Crippen LogP contribution in [0, 0.1) is 0 Å². The lowest BCUT2D eigenvalue weighted by atomic mass is 9.90. The van der Waals surface area contributed by atoms with Gasteiger partial charge in [0.25, 0.3) is 0 Å². The Morgan fingerprint density at radius 2 is 2.47 bits per heavy atom. The molecule has 1 saturated heterocycles. The van der Waals surface area contributed by atoms with Crippen molar-refractivity contribution in [3.63, 3.8) is 0 Å².